The van der Waals surface area contributed by atoms with Crippen LogP contribution in [0.5, 0.6) is 0 Å². The molecule has 2 bridgehead atoms. The molecule has 3 fully saturated rings. The number of amidine groups is 1. The largest absolute Gasteiger partial charge is 0.386 e. The third-order valence-electron chi connectivity index (χ3n) is 7.10. The Morgan fingerprint density at radius 3 is 2.17 bits per heavy atom. The highest BCUT2D eigenvalue weighted by atomic mass is 16.7. The van der Waals surface area contributed by atoms with Crippen LogP contribution in [0.3, 0.4) is 0 Å². The summed E-state index contributed by atoms with van der Waals surface area (Å²) in [5, 5.41) is 20.2. The average Bonchev–Trinajstić information content (AvgIpc) is 2.89. The van der Waals surface area contributed by atoms with E-state index in [1.807, 2.05) is 0 Å². The van der Waals surface area contributed by atoms with E-state index < -0.39 is 22.2 Å². The molecule has 0 unspecified atom stereocenters. The standard InChI is InChI=1S/C16H21N5O2/c1-21-10-4-5-11(21)7-13(6-10)14(8-17)12(19)20-16(22-2,23-3)15(13,14)9-18/h10-11H,4-7H2,1-3H3,(H2,19,20)/t10-,11-,14+,15+/m0/s1. The summed E-state index contributed by atoms with van der Waals surface area (Å²) in [6.45, 7) is 0. The fraction of sp³-hybridized carbons (Fsp3) is 0.812. The maximum atomic E-state index is 10.2. The van der Waals surface area contributed by atoms with Crippen LogP contribution in [-0.4, -0.2) is 50.0 Å². The van der Waals surface area contributed by atoms with Gasteiger partial charge < -0.3 is 20.1 Å². The molecule has 0 radical (unpaired) electrons. The van der Waals surface area contributed by atoms with Crippen molar-refractivity contribution in [2.75, 3.05) is 21.3 Å². The maximum absolute atomic E-state index is 10.2. The molecular weight excluding hydrogens is 294 g/mol. The van der Waals surface area contributed by atoms with E-state index >= 15 is 0 Å². The number of piperidine rings is 1. The fourth-order valence-electron chi connectivity index (χ4n) is 6.07. The first-order valence-electron chi connectivity index (χ1n) is 7.96. The Morgan fingerprint density at radius 2 is 1.74 bits per heavy atom. The van der Waals surface area contributed by atoms with Gasteiger partial charge in [-0.15, -0.1) is 0 Å². The molecule has 2 N–H and O–H groups in total. The lowest BCUT2D eigenvalue weighted by molar-refractivity contribution is -0.239. The molecule has 1 aliphatic carbocycles. The van der Waals surface area contributed by atoms with Gasteiger partial charge in [-0.3, -0.25) is 0 Å². The zero-order chi connectivity index (χ0) is 16.7. The smallest absolute Gasteiger partial charge is 0.292 e. The zero-order valence-corrected chi connectivity index (χ0v) is 13.7. The monoisotopic (exact) mass is 315 g/mol. The van der Waals surface area contributed by atoms with Crippen molar-refractivity contribution < 1.29 is 9.47 Å². The number of ether oxygens (including phenoxy) is 2. The number of rotatable bonds is 2. The SMILES string of the molecule is COC1(OC)N=C(N)[C@]2(C#N)C3(C[C@@H]4CC[C@@H](C3)N4C)[C@@]12C#N. The summed E-state index contributed by atoms with van der Waals surface area (Å²) < 4.78 is 11.1. The van der Waals surface area contributed by atoms with Gasteiger partial charge >= 0.3 is 0 Å². The number of methoxy groups -OCH3 is 2. The molecule has 4 aliphatic rings. The van der Waals surface area contributed by atoms with E-state index in [1.54, 1.807) is 0 Å². The minimum atomic E-state index is -1.49. The van der Waals surface area contributed by atoms with Crippen molar-refractivity contribution in [1.82, 2.24) is 4.90 Å². The third-order valence-corrected chi connectivity index (χ3v) is 7.10. The van der Waals surface area contributed by atoms with Crippen LogP contribution in [0.25, 0.3) is 0 Å². The minimum Gasteiger partial charge on any atom is -0.386 e. The highest BCUT2D eigenvalue weighted by Gasteiger charge is 3.01. The summed E-state index contributed by atoms with van der Waals surface area (Å²) in [6, 6.07) is 5.49. The van der Waals surface area contributed by atoms with E-state index in [1.165, 1.54) is 14.2 Å². The Morgan fingerprint density at radius 1 is 1.17 bits per heavy atom. The first-order chi connectivity index (χ1) is 11.0. The molecule has 4 rings (SSSR count). The lowest BCUT2D eigenvalue weighted by Gasteiger charge is -2.41. The molecule has 0 amide bonds. The van der Waals surface area contributed by atoms with Crippen LogP contribution in [-0.2, 0) is 9.47 Å². The Labute approximate surface area is 135 Å². The number of nitriles is 2. The Balaban J connectivity index is 1.93. The fourth-order valence-corrected chi connectivity index (χ4v) is 6.07. The van der Waals surface area contributed by atoms with E-state index in [4.69, 9.17) is 15.2 Å². The lowest BCUT2D eigenvalue weighted by atomic mass is 9.77. The third kappa shape index (κ3) is 1.11. The number of hydrogen-bond donors (Lipinski definition) is 1. The van der Waals surface area contributed by atoms with E-state index in [0.717, 1.165) is 25.7 Å². The van der Waals surface area contributed by atoms with Crippen LogP contribution in [0.4, 0.5) is 0 Å². The summed E-state index contributed by atoms with van der Waals surface area (Å²) in [5.74, 6) is -1.30. The van der Waals surface area contributed by atoms with Crippen molar-refractivity contribution in [2.45, 2.75) is 43.7 Å². The Hall–Kier alpha value is -1.67. The molecule has 4 atom stereocenters. The number of nitrogens with zero attached hydrogens (tertiary/aromatic N) is 4. The summed E-state index contributed by atoms with van der Waals surface area (Å²) in [4.78, 5) is 6.68. The van der Waals surface area contributed by atoms with Crippen LogP contribution in [0.1, 0.15) is 25.7 Å². The quantitative estimate of drug-likeness (QED) is 0.747. The van der Waals surface area contributed by atoms with Crippen molar-refractivity contribution in [3.63, 3.8) is 0 Å². The van der Waals surface area contributed by atoms with Crippen molar-refractivity contribution in [2.24, 2.45) is 27.0 Å². The minimum absolute atomic E-state index is 0.189. The average molecular weight is 315 g/mol. The molecule has 2 saturated heterocycles. The molecule has 3 aliphatic heterocycles. The first kappa shape index (κ1) is 14.9. The molecule has 0 aromatic rings. The number of nitrogens with two attached hydrogens (primary N) is 1. The van der Waals surface area contributed by atoms with Crippen LogP contribution in [0.15, 0.2) is 4.99 Å². The van der Waals surface area contributed by atoms with Crippen molar-refractivity contribution in [3.8, 4) is 12.1 Å². The summed E-state index contributed by atoms with van der Waals surface area (Å²) >= 11 is 0. The Kier molecular flexibility index (Phi) is 2.62. The lowest BCUT2D eigenvalue weighted by Crippen LogP contribution is -2.49. The van der Waals surface area contributed by atoms with Gasteiger partial charge in [0.05, 0.1) is 12.1 Å². The van der Waals surface area contributed by atoms with Crippen LogP contribution < -0.4 is 5.73 Å². The normalized spacial score (nSPS) is 49.3. The highest BCUT2D eigenvalue weighted by Crippen LogP contribution is 2.89. The topological polar surface area (TPSA) is 108 Å². The van der Waals surface area contributed by atoms with Gasteiger partial charge in [-0.25, -0.2) is 4.99 Å². The van der Waals surface area contributed by atoms with Gasteiger partial charge in [0.2, 0.25) is 0 Å². The van der Waals surface area contributed by atoms with Gasteiger partial charge in [0.1, 0.15) is 11.3 Å². The second kappa shape index (κ2) is 4.05. The Bertz CT molecular complexity index is 674. The summed E-state index contributed by atoms with van der Waals surface area (Å²) in [6.07, 6.45) is 3.70. The predicted octanol–water partition coefficient (Wildman–Crippen LogP) is 0.580. The predicted molar refractivity (Wildman–Crippen MR) is 80.7 cm³/mol. The second-order valence-corrected chi connectivity index (χ2v) is 7.25. The van der Waals surface area contributed by atoms with Crippen LogP contribution in [0.2, 0.25) is 0 Å². The van der Waals surface area contributed by atoms with E-state index in [0.29, 0.717) is 12.1 Å². The summed E-state index contributed by atoms with van der Waals surface area (Å²) in [5.41, 5.74) is 3.39. The zero-order valence-electron chi connectivity index (χ0n) is 13.7. The molecule has 122 valence electrons. The van der Waals surface area contributed by atoms with E-state index in [2.05, 4.69) is 29.1 Å². The number of fused-ring (bicyclic) bond motifs is 5. The van der Waals surface area contributed by atoms with Gasteiger partial charge in [-0.2, -0.15) is 10.5 Å². The molecule has 1 saturated carbocycles. The molecule has 3 heterocycles. The summed E-state index contributed by atoms with van der Waals surface area (Å²) in [7, 11) is 5.05. The highest BCUT2D eigenvalue weighted by molar-refractivity contribution is 6.00. The van der Waals surface area contributed by atoms with Crippen molar-refractivity contribution in [1.29, 1.82) is 10.5 Å². The molecule has 7 nitrogen and oxygen atoms in total. The van der Waals surface area contributed by atoms with Gasteiger partial charge in [0, 0.05) is 31.7 Å². The van der Waals surface area contributed by atoms with Crippen LogP contribution in [0, 0.1) is 38.9 Å². The molecule has 7 heteroatoms. The molecule has 0 aromatic carbocycles. The maximum Gasteiger partial charge on any atom is 0.292 e. The van der Waals surface area contributed by atoms with Gasteiger partial charge in [-0.1, -0.05) is 0 Å². The van der Waals surface area contributed by atoms with E-state index in [9.17, 15) is 10.5 Å². The molecule has 0 aromatic heterocycles. The molecule has 23 heavy (non-hydrogen) atoms. The molecule has 1 spiro atoms. The van der Waals surface area contributed by atoms with Gasteiger partial charge in [0.25, 0.3) is 5.91 Å². The second-order valence-electron chi connectivity index (χ2n) is 7.25. The van der Waals surface area contributed by atoms with Crippen molar-refractivity contribution >= 4 is 5.84 Å². The number of aliphatic imine (C=N–C) groups is 1. The van der Waals surface area contributed by atoms with Crippen LogP contribution >= 0.6 is 0 Å². The first-order valence-corrected chi connectivity index (χ1v) is 7.96. The van der Waals surface area contributed by atoms with Crippen molar-refractivity contribution in [3.05, 3.63) is 0 Å². The van der Waals surface area contributed by atoms with E-state index in [-0.39, 0.29) is 5.84 Å². The number of hydrogen-bond acceptors (Lipinski definition) is 7. The van der Waals surface area contributed by atoms with Gasteiger partial charge in [0.15, 0.2) is 5.41 Å². The van der Waals surface area contributed by atoms with Gasteiger partial charge in [-0.05, 0) is 32.7 Å². The molecular formula is C16H21N5O2.